The Balaban J connectivity index is 1.24. The molecule has 2 fully saturated rings. The summed E-state index contributed by atoms with van der Waals surface area (Å²) in [7, 11) is 0. The second-order valence-corrected chi connectivity index (χ2v) is 12.4. The molecule has 0 spiro atoms. The molecule has 0 radical (unpaired) electrons. The number of piperidine rings is 1. The van der Waals surface area contributed by atoms with E-state index in [0.717, 1.165) is 74.4 Å². The molecule has 5 rings (SSSR count). The maximum Gasteiger partial charge on any atom is 0.251 e. The van der Waals surface area contributed by atoms with E-state index in [1.54, 1.807) is 0 Å². The number of carbonyl (C=O) groups excluding carboxylic acids is 2. The normalized spacial score (nSPS) is 22.4. The van der Waals surface area contributed by atoms with Crippen LogP contribution in [0.3, 0.4) is 0 Å². The summed E-state index contributed by atoms with van der Waals surface area (Å²) in [6.07, 6.45) is 10.1. The first-order valence-corrected chi connectivity index (χ1v) is 16.0. The molecule has 1 aliphatic carbocycles. The van der Waals surface area contributed by atoms with Crippen LogP contribution in [0.15, 0.2) is 53.6 Å². The van der Waals surface area contributed by atoms with Crippen LogP contribution < -0.4 is 10.6 Å². The van der Waals surface area contributed by atoms with Gasteiger partial charge in [-0.15, -0.1) is 0 Å². The van der Waals surface area contributed by atoms with Crippen LogP contribution in [0.4, 0.5) is 0 Å². The lowest BCUT2D eigenvalue weighted by Gasteiger charge is -2.31. The Hall–Kier alpha value is -2.67. The van der Waals surface area contributed by atoms with Crippen LogP contribution in [0.5, 0.6) is 0 Å². The number of carbonyl (C=O) groups is 2. The lowest BCUT2D eigenvalue weighted by Crippen LogP contribution is -2.50. The van der Waals surface area contributed by atoms with E-state index in [-0.39, 0.29) is 23.9 Å². The highest BCUT2D eigenvalue weighted by molar-refractivity contribution is 6.31. The molecule has 2 amide bonds. The third-order valence-corrected chi connectivity index (χ3v) is 9.34. The summed E-state index contributed by atoms with van der Waals surface area (Å²) in [6.45, 7) is 7.31. The van der Waals surface area contributed by atoms with E-state index in [0.29, 0.717) is 24.6 Å². The Labute approximate surface area is 250 Å². The number of hydrogen-bond donors (Lipinski definition) is 2. The fraction of sp³-hybridized carbons (Fsp3) is 0.529. The van der Waals surface area contributed by atoms with Gasteiger partial charge in [-0.25, -0.2) is 0 Å². The van der Waals surface area contributed by atoms with Crippen LogP contribution in [0, 0.1) is 0 Å². The Morgan fingerprint density at radius 3 is 2.66 bits per heavy atom. The molecule has 2 aliphatic heterocycles. The molecule has 6 nitrogen and oxygen atoms in total. The van der Waals surface area contributed by atoms with Crippen LogP contribution in [-0.2, 0) is 11.2 Å². The number of nitrogens with zero attached hydrogens (tertiary/aromatic N) is 2. The number of likely N-dealkylation sites (tertiary alicyclic amines) is 1. The first kappa shape index (κ1) is 29.8. The molecule has 7 heteroatoms. The fourth-order valence-electron chi connectivity index (χ4n) is 6.50. The largest absolute Gasteiger partial charge is 0.350 e. The zero-order chi connectivity index (χ0) is 28.6. The Morgan fingerprint density at radius 1 is 1.07 bits per heavy atom. The van der Waals surface area contributed by atoms with Crippen molar-refractivity contribution in [2.45, 2.75) is 76.3 Å². The predicted molar refractivity (Wildman–Crippen MR) is 167 cm³/mol. The Kier molecular flexibility index (Phi) is 10.5. The maximum atomic E-state index is 13.9. The minimum Gasteiger partial charge on any atom is -0.350 e. The average molecular weight is 577 g/mol. The summed E-state index contributed by atoms with van der Waals surface area (Å²) in [5.74, 6) is 0.446. The number of allylic oxidation sites excluding steroid dienone is 1. The number of nitrogens with one attached hydrogen (secondary N) is 2. The fourth-order valence-corrected chi connectivity index (χ4v) is 6.72. The third kappa shape index (κ3) is 8.00. The monoisotopic (exact) mass is 576 g/mol. The van der Waals surface area contributed by atoms with Crippen LogP contribution in [0.2, 0.25) is 0 Å². The SMILES string of the molecule is CCC(CN1CCC(CNC(=O)c2ccc3c(c2)CCC(Cl)=C3)NC(CCN2CCCCC2)C1=O)c1ccccc1. The number of benzene rings is 2. The molecule has 3 atom stereocenters. The molecule has 2 aromatic carbocycles. The minimum absolute atomic E-state index is 0.0374. The number of rotatable bonds is 10. The standard InChI is InChI=1S/C34H45ClN4O2/c1-2-25(26-9-5-3-6-10-26)24-39-20-15-31(37-32(34(39)41)16-19-38-17-7-4-8-18-38)23-36-33(40)29-12-11-28-22-30(35)14-13-27(28)21-29/h3,5-6,9-12,21-22,25,31-32,37H,2,4,7-8,13-20,23-24H2,1H3,(H,36,40). The van der Waals surface area contributed by atoms with E-state index in [1.807, 2.05) is 30.3 Å². The number of amides is 2. The average Bonchev–Trinajstić information content (AvgIpc) is 3.16. The summed E-state index contributed by atoms with van der Waals surface area (Å²) >= 11 is 6.21. The van der Waals surface area contributed by atoms with Gasteiger partial charge in [0, 0.05) is 48.7 Å². The van der Waals surface area contributed by atoms with Gasteiger partial charge in [-0.3, -0.25) is 9.59 Å². The van der Waals surface area contributed by atoms with Gasteiger partial charge >= 0.3 is 0 Å². The van der Waals surface area contributed by atoms with Crippen molar-refractivity contribution in [1.82, 2.24) is 20.4 Å². The molecular formula is C34H45ClN4O2. The molecule has 3 unspecified atom stereocenters. The second kappa shape index (κ2) is 14.5. The molecule has 0 aromatic heterocycles. The molecule has 2 N–H and O–H groups in total. The van der Waals surface area contributed by atoms with Gasteiger partial charge in [0.05, 0.1) is 6.04 Å². The summed E-state index contributed by atoms with van der Waals surface area (Å²) in [5.41, 5.74) is 4.23. The smallest absolute Gasteiger partial charge is 0.251 e. The summed E-state index contributed by atoms with van der Waals surface area (Å²) in [4.78, 5) is 31.6. The van der Waals surface area contributed by atoms with Crippen molar-refractivity contribution in [3.8, 4) is 0 Å². The van der Waals surface area contributed by atoms with Gasteiger partial charge < -0.3 is 20.4 Å². The number of fused-ring (bicyclic) bond motifs is 1. The van der Waals surface area contributed by atoms with Gasteiger partial charge in [-0.1, -0.05) is 61.3 Å². The number of halogens is 1. The summed E-state index contributed by atoms with van der Waals surface area (Å²) in [6, 6.07) is 16.2. The highest BCUT2D eigenvalue weighted by atomic mass is 35.5. The summed E-state index contributed by atoms with van der Waals surface area (Å²) < 4.78 is 0. The molecule has 0 bridgehead atoms. The van der Waals surface area contributed by atoms with Gasteiger partial charge in [-0.2, -0.15) is 0 Å². The topological polar surface area (TPSA) is 64.7 Å². The van der Waals surface area contributed by atoms with Gasteiger partial charge in [0.2, 0.25) is 5.91 Å². The van der Waals surface area contributed by atoms with Crippen LogP contribution >= 0.6 is 11.6 Å². The molecule has 3 aliphatic rings. The minimum atomic E-state index is -0.241. The zero-order valence-corrected chi connectivity index (χ0v) is 25.2. The van der Waals surface area contributed by atoms with E-state index in [2.05, 4.69) is 51.6 Å². The van der Waals surface area contributed by atoms with Gasteiger partial charge in [0.1, 0.15) is 0 Å². The quantitative estimate of drug-likeness (QED) is 0.388. The van der Waals surface area contributed by atoms with Crippen LogP contribution in [0.1, 0.15) is 84.8 Å². The Morgan fingerprint density at radius 2 is 1.88 bits per heavy atom. The number of aryl methyl sites for hydroxylation is 1. The van der Waals surface area contributed by atoms with Gasteiger partial charge in [0.15, 0.2) is 0 Å². The van der Waals surface area contributed by atoms with Crippen molar-refractivity contribution in [3.05, 3.63) is 75.8 Å². The van der Waals surface area contributed by atoms with Gasteiger partial charge in [-0.05, 0) is 92.9 Å². The first-order valence-electron chi connectivity index (χ1n) is 15.6. The van der Waals surface area contributed by atoms with Crippen LogP contribution in [-0.4, -0.2) is 73.0 Å². The zero-order valence-electron chi connectivity index (χ0n) is 24.4. The van der Waals surface area contributed by atoms with Crippen molar-refractivity contribution in [1.29, 1.82) is 0 Å². The summed E-state index contributed by atoms with van der Waals surface area (Å²) in [5, 5.41) is 7.70. The molecule has 2 aromatic rings. The lowest BCUT2D eigenvalue weighted by molar-refractivity contribution is -0.133. The molecule has 220 valence electrons. The first-order chi connectivity index (χ1) is 20.0. The molecule has 2 heterocycles. The predicted octanol–water partition coefficient (Wildman–Crippen LogP) is 5.57. The van der Waals surface area contributed by atoms with Crippen molar-refractivity contribution in [2.75, 3.05) is 39.3 Å². The second-order valence-electron chi connectivity index (χ2n) is 11.9. The maximum absolute atomic E-state index is 13.9. The van der Waals surface area contributed by atoms with Gasteiger partial charge in [0.25, 0.3) is 5.91 Å². The van der Waals surface area contributed by atoms with Crippen molar-refractivity contribution >= 4 is 29.5 Å². The van der Waals surface area contributed by atoms with E-state index in [1.165, 1.54) is 24.8 Å². The Bertz CT molecular complexity index is 1210. The van der Waals surface area contributed by atoms with E-state index >= 15 is 0 Å². The molecule has 2 saturated heterocycles. The van der Waals surface area contributed by atoms with Crippen molar-refractivity contribution < 1.29 is 9.59 Å². The van der Waals surface area contributed by atoms with Crippen molar-refractivity contribution in [2.24, 2.45) is 0 Å². The molecule has 41 heavy (non-hydrogen) atoms. The highest BCUT2D eigenvalue weighted by Gasteiger charge is 2.32. The highest BCUT2D eigenvalue weighted by Crippen LogP contribution is 2.27. The van der Waals surface area contributed by atoms with E-state index in [9.17, 15) is 9.59 Å². The van der Waals surface area contributed by atoms with Crippen LogP contribution in [0.25, 0.3) is 6.08 Å². The third-order valence-electron chi connectivity index (χ3n) is 9.04. The van der Waals surface area contributed by atoms with Crippen molar-refractivity contribution in [3.63, 3.8) is 0 Å². The number of hydrogen-bond acceptors (Lipinski definition) is 4. The van der Waals surface area contributed by atoms with E-state index < -0.39 is 0 Å². The van der Waals surface area contributed by atoms with E-state index in [4.69, 9.17) is 11.6 Å². The molecule has 0 saturated carbocycles. The lowest BCUT2D eigenvalue weighted by atomic mass is 9.95. The molecular weight excluding hydrogens is 532 g/mol.